The summed E-state index contributed by atoms with van der Waals surface area (Å²) in [6.07, 6.45) is 1.68. The molecule has 5 heteroatoms. The van der Waals surface area contributed by atoms with Gasteiger partial charge in [0.2, 0.25) is 0 Å². The van der Waals surface area contributed by atoms with Crippen molar-refractivity contribution in [3.8, 4) is 23.0 Å². The number of para-hydroxylation sites is 1. The highest BCUT2D eigenvalue weighted by molar-refractivity contribution is 5.94. The van der Waals surface area contributed by atoms with Crippen molar-refractivity contribution < 1.29 is 19.0 Å². The van der Waals surface area contributed by atoms with Crippen molar-refractivity contribution in [2.45, 2.75) is 25.8 Å². The number of amides is 1. The van der Waals surface area contributed by atoms with Gasteiger partial charge in [-0.2, -0.15) is 0 Å². The summed E-state index contributed by atoms with van der Waals surface area (Å²) in [5.74, 6) is 3.10. The van der Waals surface area contributed by atoms with Gasteiger partial charge in [-0.15, -0.1) is 0 Å². The molecular formula is C26H25NO4. The predicted molar refractivity (Wildman–Crippen MR) is 118 cm³/mol. The number of fused-ring (bicyclic) bond motifs is 2. The van der Waals surface area contributed by atoms with E-state index in [4.69, 9.17) is 14.2 Å². The molecule has 0 saturated heterocycles. The minimum atomic E-state index is -0.0337. The maximum Gasteiger partial charge on any atom is 0.254 e. The topological polar surface area (TPSA) is 48.0 Å². The zero-order valence-electron chi connectivity index (χ0n) is 17.5. The molecule has 0 unspecified atom stereocenters. The molecule has 0 aromatic heterocycles. The zero-order valence-corrected chi connectivity index (χ0v) is 17.5. The van der Waals surface area contributed by atoms with E-state index >= 15 is 0 Å². The van der Waals surface area contributed by atoms with Gasteiger partial charge in [0.25, 0.3) is 5.91 Å². The fraction of sp³-hybridized carbons (Fsp3) is 0.269. The number of carbonyl (C=O) groups excluding carboxylic acids is 1. The lowest BCUT2D eigenvalue weighted by Crippen LogP contribution is -2.38. The molecule has 1 amide bonds. The number of hydrogen-bond acceptors (Lipinski definition) is 4. The summed E-state index contributed by atoms with van der Waals surface area (Å²) in [7, 11) is 0. The van der Waals surface area contributed by atoms with Crippen LogP contribution in [0.4, 0.5) is 0 Å². The first-order valence-electron chi connectivity index (χ1n) is 10.8. The van der Waals surface area contributed by atoms with Gasteiger partial charge >= 0.3 is 0 Å². The van der Waals surface area contributed by atoms with E-state index in [9.17, 15) is 4.79 Å². The monoisotopic (exact) mass is 415 g/mol. The van der Waals surface area contributed by atoms with Crippen LogP contribution in [0.5, 0.6) is 23.0 Å². The Morgan fingerprint density at radius 2 is 1.61 bits per heavy atom. The maximum absolute atomic E-state index is 13.3. The Morgan fingerprint density at radius 3 is 2.35 bits per heavy atom. The molecule has 5 nitrogen and oxygen atoms in total. The molecule has 0 radical (unpaired) electrons. The van der Waals surface area contributed by atoms with Gasteiger partial charge in [0.05, 0.1) is 19.3 Å². The van der Waals surface area contributed by atoms with Gasteiger partial charge in [-0.3, -0.25) is 4.79 Å². The molecule has 31 heavy (non-hydrogen) atoms. The number of carbonyl (C=O) groups is 1. The Hall–Kier alpha value is -3.47. The molecule has 0 aliphatic carbocycles. The van der Waals surface area contributed by atoms with Crippen LogP contribution in [0.1, 0.15) is 40.9 Å². The fourth-order valence-corrected chi connectivity index (χ4v) is 4.21. The molecular weight excluding hydrogens is 390 g/mol. The molecule has 2 heterocycles. The van der Waals surface area contributed by atoms with Crippen LogP contribution in [0, 0.1) is 0 Å². The first-order valence-corrected chi connectivity index (χ1v) is 10.8. The Bertz CT molecular complexity index is 1080. The van der Waals surface area contributed by atoms with Gasteiger partial charge in [0, 0.05) is 18.5 Å². The van der Waals surface area contributed by atoms with Gasteiger partial charge in [-0.05, 0) is 73.0 Å². The minimum absolute atomic E-state index is 0.0246. The minimum Gasteiger partial charge on any atom is -0.490 e. The van der Waals surface area contributed by atoms with Crippen molar-refractivity contribution in [1.82, 2.24) is 4.90 Å². The average Bonchev–Trinajstić information content (AvgIpc) is 3.04. The smallest absolute Gasteiger partial charge is 0.254 e. The largest absolute Gasteiger partial charge is 0.490 e. The van der Waals surface area contributed by atoms with Gasteiger partial charge < -0.3 is 19.1 Å². The molecule has 158 valence electrons. The van der Waals surface area contributed by atoms with E-state index in [-0.39, 0.29) is 11.9 Å². The molecule has 3 aromatic carbocycles. The quantitative estimate of drug-likeness (QED) is 0.575. The maximum atomic E-state index is 13.3. The lowest BCUT2D eigenvalue weighted by molar-refractivity contribution is 0.0677. The second kappa shape index (κ2) is 8.34. The molecule has 2 aliphatic rings. The van der Waals surface area contributed by atoms with Crippen LogP contribution in [0.15, 0.2) is 66.7 Å². The number of ether oxygens (including phenoxy) is 3. The Labute approximate surface area is 182 Å². The number of benzene rings is 3. The van der Waals surface area contributed by atoms with Crippen molar-refractivity contribution in [2.75, 3.05) is 19.8 Å². The fourth-order valence-electron chi connectivity index (χ4n) is 4.21. The third-order valence-electron chi connectivity index (χ3n) is 5.89. The van der Waals surface area contributed by atoms with Crippen LogP contribution >= 0.6 is 0 Å². The first kappa shape index (κ1) is 19.5. The summed E-state index contributed by atoms with van der Waals surface area (Å²) in [5.41, 5.74) is 3.02. The second-order valence-corrected chi connectivity index (χ2v) is 7.91. The average molecular weight is 415 g/mol. The lowest BCUT2D eigenvalue weighted by atomic mass is 9.92. The molecule has 1 atom stereocenters. The van der Waals surface area contributed by atoms with E-state index in [0.29, 0.717) is 31.1 Å². The van der Waals surface area contributed by atoms with Crippen molar-refractivity contribution in [3.05, 3.63) is 83.4 Å². The number of hydrogen-bond donors (Lipinski definition) is 0. The molecule has 5 rings (SSSR count). The van der Waals surface area contributed by atoms with E-state index < -0.39 is 0 Å². The predicted octanol–water partition coefficient (Wildman–Crippen LogP) is 5.40. The van der Waals surface area contributed by atoms with Crippen LogP contribution in [0.2, 0.25) is 0 Å². The number of rotatable bonds is 3. The van der Waals surface area contributed by atoms with Crippen LogP contribution in [0.25, 0.3) is 0 Å². The standard InChI is InChI=1S/C26H25NO4/c1-18-23-17-25-24(29-14-5-15-30-25)16-20(23)12-13-27(18)26(28)19-8-10-22(11-9-19)31-21-6-3-2-4-7-21/h2-4,6-11,16-18H,5,12-15H2,1H3/t18-/m1/s1. The molecule has 2 aliphatic heterocycles. The summed E-state index contributed by atoms with van der Waals surface area (Å²) >= 11 is 0. The molecule has 0 bridgehead atoms. The summed E-state index contributed by atoms with van der Waals surface area (Å²) < 4.78 is 17.5. The summed E-state index contributed by atoms with van der Waals surface area (Å²) in [6, 6.07) is 21.1. The van der Waals surface area contributed by atoms with Crippen molar-refractivity contribution in [3.63, 3.8) is 0 Å². The van der Waals surface area contributed by atoms with Crippen molar-refractivity contribution in [1.29, 1.82) is 0 Å². The van der Waals surface area contributed by atoms with Crippen molar-refractivity contribution in [2.24, 2.45) is 0 Å². The SMILES string of the molecule is C[C@@H]1c2cc3c(cc2CCN1C(=O)c1ccc(Oc2ccccc2)cc1)OCCCO3. The van der Waals surface area contributed by atoms with E-state index in [1.165, 1.54) is 5.56 Å². The van der Waals surface area contributed by atoms with Crippen LogP contribution < -0.4 is 14.2 Å². The second-order valence-electron chi connectivity index (χ2n) is 7.91. The zero-order chi connectivity index (χ0) is 21.2. The third-order valence-corrected chi connectivity index (χ3v) is 5.89. The highest BCUT2D eigenvalue weighted by Gasteiger charge is 2.30. The Morgan fingerprint density at radius 1 is 0.935 bits per heavy atom. The highest BCUT2D eigenvalue weighted by atomic mass is 16.5. The molecule has 0 spiro atoms. The Balaban J connectivity index is 1.34. The van der Waals surface area contributed by atoms with Gasteiger partial charge in [0.15, 0.2) is 11.5 Å². The summed E-state index contributed by atoms with van der Waals surface area (Å²) in [4.78, 5) is 15.2. The van der Waals surface area contributed by atoms with Gasteiger partial charge in [-0.1, -0.05) is 18.2 Å². The normalized spacial score (nSPS) is 17.5. The van der Waals surface area contributed by atoms with Crippen LogP contribution in [-0.2, 0) is 6.42 Å². The van der Waals surface area contributed by atoms with Gasteiger partial charge in [0.1, 0.15) is 11.5 Å². The molecule has 0 fully saturated rings. The van der Waals surface area contributed by atoms with E-state index in [0.717, 1.165) is 35.7 Å². The van der Waals surface area contributed by atoms with E-state index in [1.807, 2.05) is 59.5 Å². The highest BCUT2D eigenvalue weighted by Crippen LogP contribution is 2.39. The molecule has 0 saturated carbocycles. The molecule has 0 N–H and O–H groups in total. The van der Waals surface area contributed by atoms with Gasteiger partial charge in [-0.25, -0.2) is 0 Å². The number of nitrogens with zero attached hydrogens (tertiary/aromatic N) is 1. The van der Waals surface area contributed by atoms with E-state index in [2.05, 4.69) is 19.1 Å². The van der Waals surface area contributed by atoms with Crippen LogP contribution in [0.3, 0.4) is 0 Å². The van der Waals surface area contributed by atoms with Crippen LogP contribution in [-0.4, -0.2) is 30.6 Å². The summed E-state index contributed by atoms with van der Waals surface area (Å²) in [5, 5.41) is 0. The van der Waals surface area contributed by atoms with E-state index in [1.54, 1.807) is 0 Å². The third kappa shape index (κ3) is 3.96. The lowest BCUT2D eigenvalue weighted by Gasteiger charge is -2.36. The Kier molecular flexibility index (Phi) is 5.24. The molecule has 3 aromatic rings. The first-order chi connectivity index (χ1) is 15.2. The van der Waals surface area contributed by atoms with Crippen molar-refractivity contribution >= 4 is 5.91 Å². The summed E-state index contributed by atoms with van der Waals surface area (Å²) in [6.45, 7) is 4.08.